The van der Waals surface area contributed by atoms with E-state index in [9.17, 15) is 14.9 Å². The van der Waals surface area contributed by atoms with Gasteiger partial charge in [0, 0.05) is 24.8 Å². The van der Waals surface area contributed by atoms with Gasteiger partial charge in [-0.1, -0.05) is 0 Å². The van der Waals surface area contributed by atoms with Gasteiger partial charge in [0.1, 0.15) is 10.5 Å². The molecule has 8 nitrogen and oxygen atoms in total. The van der Waals surface area contributed by atoms with Gasteiger partial charge in [-0.2, -0.15) is 5.26 Å². The van der Waals surface area contributed by atoms with Crippen LogP contribution in [0.15, 0.2) is 59.4 Å². The van der Waals surface area contributed by atoms with E-state index in [1.54, 1.807) is 55.1 Å². The number of allylic oxidation sites excluding steroid dienone is 1. The molecule has 4 rings (SSSR count). The number of nitrogens with zero attached hydrogens (tertiary/aromatic N) is 4. The van der Waals surface area contributed by atoms with Crippen molar-refractivity contribution in [3.8, 4) is 6.07 Å². The van der Waals surface area contributed by atoms with Gasteiger partial charge in [-0.05, 0) is 41.5 Å². The molecule has 1 aliphatic heterocycles. The number of rotatable bonds is 3. The average Bonchev–Trinajstić information content (AvgIpc) is 3.10. The van der Waals surface area contributed by atoms with E-state index in [0.717, 1.165) is 16.9 Å². The highest BCUT2D eigenvalue weighted by Crippen LogP contribution is 2.36. The lowest BCUT2D eigenvalue weighted by atomic mass is 9.84. The van der Waals surface area contributed by atoms with E-state index in [2.05, 4.69) is 16.0 Å². The van der Waals surface area contributed by atoms with Crippen molar-refractivity contribution in [2.45, 2.75) is 5.92 Å². The predicted molar refractivity (Wildman–Crippen MR) is 111 cm³/mol. The zero-order valence-corrected chi connectivity index (χ0v) is 16.6. The van der Waals surface area contributed by atoms with Crippen LogP contribution < -0.4 is 20.5 Å². The number of thiazole rings is 1. The molecule has 0 bridgehead atoms. The molecule has 30 heavy (non-hydrogen) atoms. The number of nitriles is 1. The summed E-state index contributed by atoms with van der Waals surface area (Å²) in [5, 5.41) is 9.83. The maximum atomic E-state index is 13.1. The molecule has 3 aromatic rings. The molecule has 1 atom stereocenters. The standard InChI is InChI=1S/C21H15N5O3S/c1-29-21(28)17-16(13-4-8-25-9-5-13)14(11-22)18(23)26-19(27)15(30-20(17)26)10-12-2-6-24-7-3-12/h2-10,16H,23H2,1H3/b15-10-/t16-/m0/s1. The van der Waals surface area contributed by atoms with E-state index >= 15 is 0 Å². The molecule has 0 spiro atoms. The fourth-order valence-corrected chi connectivity index (χ4v) is 4.52. The van der Waals surface area contributed by atoms with E-state index in [1.807, 2.05) is 0 Å². The highest BCUT2D eigenvalue weighted by Gasteiger charge is 2.36. The number of methoxy groups -OCH3 is 1. The van der Waals surface area contributed by atoms with Crippen LogP contribution in [0.3, 0.4) is 0 Å². The highest BCUT2D eigenvalue weighted by atomic mass is 32.1. The van der Waals surface area contributed by atoms with Crippen LogP contribution in [0, 0.1) is 11.3 Å². The largest absolute Gasteiger partial charge is 0.466 e. The number of fused-ring (bicyclic) bond motifs is 1. The SMILES string of the molecule is COC(=O)C1=c2s/c(=C\c3ccncc3)c(=O)n2C(N)=C(C#N)[C@@H]1c1ccncc1. The van der Waals surface area contributed by atoms with Gasteiger partial charge < -0.3 is 10.5 Å². The van der Waals surface area contributed by atoms with E-state index in [1.165, 1.54) is 11.7 Å². The number of hydrogen-bond donors (Lipinski definition) is 1. The first-order valence-corrected chi connectivity index (χ1v) is 9.64. The lowest BCUT2D eigenvalue weighted by Gasteiger charge is -2.24. The normalized spacial score (nSPS) is 16.2. The summed E-state index contributed by atoms with van der Waals surface area (Å²) in [6, 6.07) is 8.98. The molecule has 9 heteroatoms. The van der Waals surface area contributed by atoms with E-state index < -0.39 is 17.4 Å². The molecule has 1 aliphatic rings. The molecule has 0 unspecified atom stereocenters. The number of carbonyl (C=O) groups is 1. The Morgan fingerprint density at radius 3 is 2.47 bits per heavy atom. The van der Waals surface area contributed by atoms with Crippen LogP contribution in [-0.4, -0.2) is 27.6 Å². The third kappa shape index (κ3) is 3.09. The summed E-state index contributed by atoms with van der Waals surface area (Å²) in [7, 11) is 1.26. The second kappa shape index (κ2) is 7.77. The fourth-order valence-electron chi connectivity index (χ4n) is 3.35. The summed E-state index contributed by atoms with van der Waals surface area (Å²) in [5.74, 6) is -1.41. The molecular formula is C21H15N5O3S. The molecule has 0 aromatic carbocycles. The molecule has 0 fully saturated rings. The lowest BCUT2D eigenvalue weighted by Crippen LogP contribution is -2.40. The zero-order chi connectivity index (χ0) is 21.3. The molecule has 0 radical (unpaired) electrons. The Hall–Kier alpha value is -4.03. The molecule has 3 aromatic heterocycles. The second-order valence-corrected chi connectivity index (χ2v) is 7.40. The van der Waals surface area contributed by atoms with Gasteiger partial charge in [0.2, 0.25) is 0 Å². The van der Waals surface area contributed by atoms with Crippen LogP contribution in [0.5, 0.6) is 0 Å². The first-order valence-electron chi connectivity index (χ1n) is 8.83. The lowest BCUT2D eigenvalue weighted by molar-refractivity contribution is -0.134. The quantitative estimate of drug-likeness (QED) is 0.608. The molecule has 0 amide bonds. The van der Waals surface area contributed by atoms with Crippen LogP contribution in [0.2, 0.25) is 0 Å². The molecule has 148 valence electrons. The molecule has 0 saturated heterocycles. The smallest absolute Gasteiger partial charge is 0.337 e. The molecule has 2 N–H and O–H groups in total. The molecular weight excluding hydrogens is 402 g/mol. The summed E-state index contributed by atoms with van der Waals surface area (Å²) in [5.41, 5.74) is 7.56. The number of pyridine rings is 2. The summed E-state index contributed by atoms with van der Waals surface area (Å²) in [6.07, 6.45) is 8.05. The Kier molecular flexibility index (Phi) is 5.00. The average molecular weight is 417 g/mol. The minimum absolute atomic E-state index is 0.00223. The maximum Gasteiger partial charge on any atom is 0.337 e. The zero-order valence-electron chi connectivity index (χ0n) is 15.8. The predicted octanol–water partition coefficient (Wildman–Crippen LogP) is 0.301. The molecule has 4 heterocycles. The van der Waals surface area contributed by atoms with Gasteiger partial charge in [0.15, 0.2) is 0 Å². The van der Waals surface area contributed by atoms with Crippen molar-refractivity contribution in [2.24, 2.45) is 5.73 Å². The van der Waals surface area contributed by atoms with Crippen LogP contribution in [0.4, 0.5) is 0 Å². The Balaban J connectivity index is 2.12. The number of carbonyl (C=O) groups excluding carboxylic acids is 1. The summed E-state index contributed by atoms with van der Waals surface area (Å²) in [6.45, 7) is 0. The Labute approximate surface area is 174 Å². The van der Waals surface area contributed by atoms with Crippen LogP contribution in [-0.2, 0) is 9.53 Å². The van der Waals surface area contributed by atoms with E-state index in [4.69, 9.17) is 10.5 Å². The van der Waals surface area contributed by atoms with Crippen molar-refractivity contribution in [1.29, 1.82) is 5.26 Å². The number of esters is 1. The Morgan fingerprint density at radius 1 is 1.23 bits per heavy atom. The Bertz CT molecular complexity index is 1380. The topological polar surface area (TPSA) is 124 Å². The third-order valence-electron chi connectivity index (χ3n) is 4.72. The van der Waals surface area contributed by atoms with Crippen LogP contribution >= 0.6 is 11.3 Å². The van der Waals surface area contributed by atoms with Gasteiger partial charge in [0.05, 0.1) is 34.8 Å². The summed E-state index contributed by atoms with van der Waals surface area (Å²) >= 11 is 1.12. The van der Waals surface area contributed by atoms with Crippen molar-refractivity contribution in [2.75, 3.05) is 7.11 Å². The molecule has 0 saturated carbocycles. The minimum Gasteiger partial charge on any atom is -0.466 e. The fraction of sp³-hybridized carbons (Fsp3) is 0.0952. The van der Waals surface area contributed by atoms with Crippen molar-refractivity contribution < 1.29 is 9.53 Å². The van der Waals surface area contributed by atoms with E-state index in [0.29, 0.717) is 14.8 Å². The number of ether oxygens (including phenoxy) is 1. The monoisotopic (exact) mass is 417 g/mol. The van der Waals surface area contributed by atoms with Gasteiger partial charge in [-0.15, -0.1) is 11.3 Å². The summed E-state index contributed by atoms with van der Waals surface area (Å²) < 4.78 is 6.92. The summed E-state index contributed by atoms with van der Waals surface area (Å²) in [4.78, 5) is 33.9. The van der Waals surface area contributed by atoms with Gasteiger partial charge in [0.25, 0.3) is 5.56 Å². The minimum atomic E-state index is -0.766. The second-order valence-electron chi connectivity index (χ2n) is 6.37. The first kappa shape index (κ1) is 19.3. The van der Waals surface area contributed by atoms with Gasteiger partial charge in [-0.3, -0.25) is 19.3 Å². The van der Waals surface area contributed by atoms with Crippen molar-refractivity contribution in [3.05, 3.63) is 85.3 Å². The van der Waals surface area contributed by atoms with Gasteiger partial charge >= 0.3 is 5.97 Å². The van der Waals surface area contributed by atoms with Crippen molar-refractivity contribution in [1.82, 2.24) is 14.5 Å². The van der Waals surface area contributed by atoms with Crippen LogP contribution in [0.1, 0.15) is 17.0 Å². The Morgan fingerprint density at radius 2 is 1.87 bits per heavy atom. The molecule has 0 aliphatic carbocycles. The first-order chi connectivity index (χ1) is 14.6. The third-order valence-corrected chi connectivity index (χ3v) is 5.83. The number of nitrogens with two attached hydrogens (primary N) is 1. The van der Waals surface area contributed by atoms with Crippen molar-refractivity contribution in [3.63, 3.8) is 0 Å². The number of aromatic nitrogens is 3. The number of hydrogen-bond acceptors (Lipinski definition) is 8. The van der Waals surface area contributed by atoms with Gasteiger partial charge in [-0.25, -0.2) is 4.79 Å². The van der Waals surface area contributed by atoms with E-state index in [-0.39, 0.29) is 17.0 Å². The van der Waals surface area contributed by atoms with Crippen molar-refractivity contribution >= 4 is 34.8 Å². The van der Waals surface area contributed by atoms with Crippen LogP contribution in [0.25, 0.3) is 17.5 Å². The highest BCUT2D eigenvalue weighted by molar-refractivity contribution is 7.07. The maximum absolute atomic E-state index is 13.1.